The summed E-state index contributed by atoms with van der Waals surface area (Å²) < 4.78 is 16.2. The zero-order chi connectivity index (χ0) is 26.0. The van der Waals surface area contributed by atoms with E-state index < -0.39 is 12.1 Å². The fraction of sp³-hybridized carbons (Fsp3) is 0.148. The van der Waals surface area contributed by atoms with Crippen LogP contribution in [-0.2, 0) is 11.2 Å². The molecule has 0 aliphatic carbocycles. The van der Waals surface area contributed by atoms with E-state index >= 15 is 0 Å². The van der Waals surface area contributed by atoms with Gasteiger partial charge in [-0.25, -0.2) is 9.78 Å². The lowest BCUT2D eigenvalue weighted by Crippen LogP contribution is -2.50. The Hall–Kier alpha value is -4.44. The number of amides is 3. The number of anilines is 2. The molecule has 3 N–H and O–H groups in total. The minimum atomic E-state index is -0.781. The fourth-order valence-corrected chi connectivity index (χ4v) is 4.05. The molecule has 1 aromatic heterocycles. The first-order chi connectivity index (χ1) is 18.0. The number of urea groups is 1. The molecule has 1 heterocycles. The van der Waals surface area contributed by atoms with E-state index in [9.17, 15) is 9.59 Å². The predicted octanol–water partition coefficient (Wildman–Crippen LogP) is 4.90. The van der Waals surface area contributed by atoms with Gasteiger partial charge < -0.3 is 24.1 Å². The van der Waals surface area contributed by atoms with Crippen molar-refractivity contribution < 1.29 is 18.7 Å². The highest BCUT2D eigenvalue weighted by atomic mass is 32.2. The number of aromatic nitrogens is 1. The quantitative estimate of drug-likeness (QED) is 0.257. The first-order valence-electron chi connectivity index (χ1n) is 11.5. The highest BCUT2D eigenvalue weighted by molar-refractivity contribution is 7.99. The highest BCUT2D eigenvalue weighted by Gasteiger charge is 2.25. The molecule has 10 heteroatoms. The van der Waals surface area contributed by atoms with Crippen LogP contribution in [0.2, 0.25) is 0 Å². The van der Waals surface area contributed by atoms with Gasteiger partial charge >= 0.3 is 6.03 Å². The molecule has 0 saturated carbocycles. The van der Waals surface area contributed by atoms with Gasteiger partial charge in [0.15, 0.2) is 12.2 Å². The zero-order valence-corrected chi connectivity index (χ0v) is 21.2. The Labute approximate surface area is 219 Å². The summed E-state index contributed by atoms with van der Waals surface area (Å²) >= 11 is 1.00. The van der Waals surface area contributed by atoms with Crippen LogP contribution in [0, 0.1) is 0 Å². The Morgan fingerprint density at radius 3 is 2.41 bits per heavy atom. The second-order valence-electron chi connectivity index (χ2n) is 8.06. The molecule has 37 heavy (non-hydrogen) atoms. The Morgan fingerprint density at radius 2 is 1.76 bits per heavy atom. The van der Waals surface area contributed by atoms with E-state index in [2.05, 4.69) is 19.7 Å². The van der Waals surface area contributed by atoms with E-state index in [1.807, 2.05) is 54.6 Å². The largest absolute Gasteiger partial charge is 0.497 e. The fourth-order valence-electron chi connectivity index (χ4n) is 3.60. The lowest BCUT2D eigenvalue weighted by atomic mass is 10.0. The molecule has 0 spiro atoms. The molecule has 0 bridgehead atoms. The highest BCUT2D eigenvalue weighted by Crippen LogP contribution is 2.22. The van der Waals surface area contributed by atoms with Crippen LogP contribution in [0.5, 0.6) is 5.75 Å². The molecule has 190 valence electrons. The van der Waals surface area contributed by atoms with Crippen LogP contribution in [0.1, 0.15) is 5.56 Å². The Balaban J connectivity index is 1.36. The summed E-state index contributed by atoms with van der Waals surface area (Å²) in [6.45, 7) is 0. The van der Waals surface area contributed by atoms with Crippen molar-refractivity contribution in [3.63, 3.8) is 0 Å². The Bertz CT molecular complexity index is 1280. The lowest BCUT2D eigenvalue weighted by molar-refractivity contribution is -0.120. The lowest BCUT2D eigenvalue weighted by Gasteiger charge is -2.25. The second kappa shape index (κ2) is 12.5. The van der Waals surface area contributed by atoms with Crippen molar-refractivity contribution in [1.29, 1.82) is 0 Å². The van der Waals surface area contributed by atoms with Crippen LogP contribution in [0.25, 0.3) is 11.3 Å². The molecule has 0 aliphatic rings. The molecule has 1 atom stereocenters. The van der Waals surface area contributed by atoms with Gasteiger partial charge in [0.05, 0.1) is 25.4 Å². The summed E-state index contributed by atoms with van der Waals surface area (Å²) in [4.78, 5) is 31.5. The maximum absolute atomic E-state index is 13.4. The number of hydrogen-bond donors (Lipinski definition) is 3. The molecule has 4 aromatic rings. The standard InChI is InChI=1S/C27H27N5O4S/c1-32(22-12-14-23(35-2)15-13-22)26(33)24(16-19-6-4-3-5-7-19)29-27(34)31-37-30-21-10-8-20(9-11-21)25-17-28-18-36-25/h3-15,17-18,24,30H,16H2,1-2H3,(H2,29,31,34). The first-order valence-corrected chi connectivity index (χ1v) is 12.3. The summed E-state index contributed by atoms with van der Waals surface area (Å²) in [7, 11) is 3.27. The van der Waals surface area contributed by atoms with Gasteiger partial charge in [0, 0.05) is 30.4 Å². The van der Waals surface area contributed by atoms with Gasteiger partial charge in [0.1, 0.15) is 11.8 Å². The molecule has 3 aromatic carbocycles. The molecule has 0 saturated heterocycles. The molecular formula is C27H27N5O4S. The first kappa shape index (κ1) is 25.6. The summed E-state index contributed by atoms with van der Waals surface area (Å²) in [5.74, 6) is 1.12. The van der Waals surface area contributed by atoms with Gasteiger partial charge in [-0.3, -0.25) is 9.52 Å². The number of carbonyl (C=O) groups is 2. The number of methoxy groups -OCH3 is 1. The van der Waals surface area contributed by atoms with E-state index in [0.29, 0.717) is 23.6 Å². The van der Waals surface area contributed by atoms with E-state index in [-0.39, 0.29) is 5.91 Å². The summed E-state index contributed by atoms with van der Waals surface area (Å²) in [6, 6.07) is 22.9. The minimum absolute atomic E-state index is 0.245. The van der Waals surface area contributed by atoms with Crippen molar-refractivity contribution in [2.24, 2.45) is 0 Å². The average Bonchev–Trinajstić information content (AvgIpc) is 3.48. The smallest absolute Gasteiger partial charge is 0.326 e. The summed E-state index contributed by atoms with van der Waals surface area (Å²) in [5.41, 5.74) is 3.30. The van der Waals surface area contributed by atoms with Crippen LogP contribution in [0.3, 0.4) is 0 Å². The third kappa shape index (κ3) is 7.05. The molecule has 9 nitrogen and oxygen atoms in total. The number of nitrogens with zero attached hydrogens (tertiary/aromatic N) is 2. The van der Waals surface area contributed by atoms with Crippen LogP contribution >= 0.6 is 12.1 Å². The van der Waals surface area contributed by atoms with E-state index in [4.69, 9.17) is 9.15 Å². The van der Waals surface area contributed by atoms with Gasteiger partial charge in [-0.05, 0) is 54.1 Å². The molecule has 4 rings (SSSR count). The van der Waals surface area contributed by atoms with E-state index in [0.717, 1.165) is 28.9 Å². The number of hydrogen-bond acceptors (Lipinski definition) is 7. The van der Waals surface area contributed by atoms with Gasteiger partial charge in [-0.2, -0.15) is 0 Å². The van der Waals surface area contributed by atoms with Crippen molar-refractivity contribution in [3.8, 4) is 17.1 Å². The van der Waals surface area contributed by atoms with Crippen LogP contribution in [-0.4, -0.2) is 37.1 Å². The molecule has 0 fully saturated rings. The van der Waals surface area contributed by atoms with Crippen molar-refractivity contribution >= 4 is 35.4 Å². The molecule has 0 aliphatic heterocycles. The number of benzene rings is 3. The molecule has 0 radical (unpaired) electrons. The molecule has 3 amide bonds. The number of rotatable bonds is 10. The van der Waals surface area contributed by atoms with Crippen molar-refractivity contribution in [2.75, 3.05) is 23.8 Å². The number of nitrogens with one attached hydrogen (secondary N) is 3. The van der Waals surface area contributed by atoms with Gasteiger partial charge in [-0.15, -0.1) is 0 Å². The Kier molecular flexibility index (Phi) is 8.66. The number of ether oxygens (including phenoxy) is 1. The Morgan fingerprint density at radius 1 is 1.03 bits per heavy atom. The average molecular weight is 518 g/mol. The maximum atomic E-state index is 13.4. The third-order valence-electron chi connectivity index (χ3n) is 5.59. The molecule has 1 unspecified atom stereocenters. The molecular weight excluding hydrogens is 490 g/mol. The topological polar surface area (TPSA) is 109 Å². The van der Waals surface area contributed by atoms with Crippen LogP contribution in [0.15, 0.2) is 95.9 Å². The zero-order valence-electron chi connectivity index (χ0n) is 20.4. The maximum Gasteiger partial charge on any atom is 0.326 e. The summed E-state index contributed by atoms with van der Waals surface area (Å²) in [6.07, 6.45) is 3.36. The van der Waals surface area contributed by atoms with E-state index in [1.165, 1.54) is 11.3 Å². The predicted molar refractivity (Wildman–Crippen MR) is 145 cm³/mol. The normalized spacial score (nSPS) is 11.3. The summed E-state index contributed by atoms with van der Waals surface area (Å²) in [5, 5.41) is 2.81. The van der Waals surface area contributed by atoms with E-state index in [1.54, 1.807) is 44.6 Å². The monoisotopic (exact) mass is 517 g/mol. The van der Waals surface area contributed by atoms with Gasteiger partial charge in [0.2, 0.25) is 5.91 Å². The van der Waals surface area contributed by atoms with Gasteiger partial charge in [0.25, 0.3) is 0 Å². The number of carbonyl (C=O) groups excluding carboxylic acids is 2. The van der Waals surface area contributed by atoms with Crippen LogP contribution < -0.4 is 24.4 Å². The van der Waals surface area contributed by atoms with Crippen molar-refractivity contribution in [3.05, 3.63) is 97.0 Å². The van der Waals surface area contributed by atoms with Crippen molar-refractivity contribution in [1.82, 2.24) is 15.0 Å². The number of oxazole rings is 1. The number of likely N-dealkylation sites (N-methyl/N-ethyl adjacent to an activating group) is 1. The third-order valence-corrected chi connectivity index (χ3v) is 6.22. The van der Waals surface area contributed by atoms with Crippen molar-refractivity contribution in [2.45, 2.75) is 12.5 Å². The minimum Gasteiger partial charge on any atom is -0.497 e. The SMILES string of the molecule is COc1ccc(N(C)C(=O)C(Cc2ccccc2)NC(=O)NSNc2ccc(-c3cnco3)cc2)cc1. The van der Waals surface area contributed by atoms with Crippen LogP contribution in [0.4, 0.5) is 16.2 Å². The van der Waals surface area contributed by atoms with Gasteiger partial charge in [-0.1, -0.05) is 30.3 Å². The second-order valence-corrected chi connectivity index (χ2v) is 8.67.